The van der Waals surface area contributed by atoms with Gasteiger partial charge in [0.15, 0.2) is 0 Å². The molecule has 0 aromatic heterocycles. The monoisotopic (exact) mass is 984 g/mol. The molecule has 3 fully saturated rings. The van der Waals surface area contributed by atoms with E-state index in [9.17, 15) is 18.4 Å². The van der Waals surface area contributed by atoms with Gasteiger partial charge in [-0.15, -0.1) is 0 Å². The molecule has 9 rings (SSSR count). The normalized spacial score (nSPS) is 20.9. The Hall–Kier alpha value is -3.89. The van der Waals surface area contributed by atoms with Gasteiger partial charge in [0.05, 0.1) is 50.9 Å². The standard InChI is InChI=1S/C22H25BFNO3.C16H13BrFNO.C12H24B2O4.CH4/c1-21(2)22(3,4)28-23(27-21)18-10-9-15(11-19(18)24)12-20(26)25-13-16-7-5-6-8-17(16)14-25;17-14-6-5-11(7-15(14)18)8-16(20)19-9-12-3-1-2-4-13(12)10-19;1-9(2)10(3,4)16-13(15-9)14-17-11(5,6)12(7,8)18-14;/h5-11H,12-14H2,1-4H3;1-7H,8-10H2;1-8H3;1H4. The summed E-state index contributed by atoms with van der Waals surface area (Å²) in [7, 11) is -1.70. The lowest BCUT2D eigenvalue weighted by atomic mass is 9.49. The molecule has 5 aliphatic heterocycles. The molecule has 10 nitrogen and oxygen atoms in total. The number of rotatable bonds is 6. The largest absolute Gasteiger partial charge is 0.497 e. The molecule has 5 heterocycles. The van der Waals surface area contributed by atoms with Gasteiger partial charge in [-0.25, -0.2) is 8.78 Å². The van der Waals surface area contributed by atoms with E-state index in [0.717, 1.165) is 0 Å². The molecule has 0 radical (unpaired) electrons. The molecular formula is C51H66B3BrF2N2O8. The molecule has 2 amide bonds. The third kappa shape index (κ3) is 11.3. The second-order valence-electron chi connectivity index (χ2n) is 20.8. The first kappa shape index (κ1) is 52.5. The molecule has 0 aliphatic carbocycles. The molecule has 5 aliphatic rings. The molecule has 16 heteroatoms. The molecule has 4 aromatic carbocycles. The van der Waals surface area contributed by atoms with Crippen LogP contribution in [0.5, 0.6) is 0 Å². The zero-order valence-corrected chi connectivity index (χ0v) is 41.9. The van der Waals surface area contributed by atoms with Gasteiger partial charge in [-0.05, 0) is 151 Å². The highest BCUT2D eigenvalue weighted by Gasteiger charge is 2.63. The van der Waals surface area contributed by atoms with E-state index >= 15 is 0 Å². The zero-order chi connectivity index (χ0) is 48.2. The molecule has 4 aromatic rings. The maximum Gasteiger partial charge on any atom is 0.497 e. The third-order valence-electron chi connectivity index (χ3n) is 14.4. The highest BCUT2D eigenvalue weighted by molar-refractivity contribution is 9.10. The summed E-state index contributed by atoms with van der Waals surface area (Å²) in [5, 5.41) is 0. The molecule has 0 unspecified atom stereocenters. The van der Waals surface area contributed by atoms with Crippen LogP contribution in [0, 0.1) is 11.6 Å². The van der Waals surface area contributed by atoms with Gasteiger partial charge >= 0.3 is 21.1 Å². The number of fused-ring (bicyclic) bond motifs is 2. The SMILES string of the molecule is C.CC1(C)OB(B2OC(C)(C)C(C)(C)O2)OC1(C)C.CC1(C)OB(c2ccc(CC(=O)N3Cc4ccccc4C3)cc2F)OC1(C)C.O=C(Cc1ccc(Br)c(F)c1)N1Cc2ccccc2C1. The van der Waals surface area contributed by atoms with E-state index in [2.05, 4.69) is 15.9 Å². The molecule has 358 valence electrons. The van der Waals surface area contributed by atoms with Crippen LogP contribution < -0.4 is 5.46 Å². The Kier molecular flexibility index (Phi) is 15.3. The highest BCUT2D eigenvalue weighted by Crippen LogP contribution is 2.43. The van der Waals surface area contributed by atoms with E-state index in [1.54, 1.807) is 24.3 Å². The van der Waals surface area contributed by atoms with Crippen molar-refractivity contribution in [3.63, 3.8) is 0 Å². The number of hydrogen-bond donors (Lipinski definition) is 0. The molecule has 0 bridgehead atoms. The number of carbonyl (C=O) groups excluding carboxylic acids is 2. The molecule has 3 saturated heterocycles. The van der Waals surface area contributed by atoms with Crippen LogP contribution >= 0.6 is 15.9 Å². The quantitative estimate of drug-likeness (QED) is 0.177. The van der Waals surface area contributed by atoms with Gasteiger partial charge in [-0.1, -0.05) is 74.2 Å². The molecule has 0 N–H and O–H groups in total. The molecule has 67 heavy (non-hydrogen) atoms. The summed E-state index contributed by atoms with van der Waals surface area (Å²) in [5.41, 5.74) is 3.98. The minimum absolute atomic E-state index is 0. The summed E-state index contributed by atoms with van der Waals surface area (Å²) in [6, 6.07) is 25.8. The Morgan fingerprint density at radius 1 is 0.507 bits per heavy atom. The van der Waals surface area contributed by atoms with E-state index in [1.165, 1.54) is 34.4 Å². The van der Waals surface area contributed by atoms with Crippen molar-refractivity contribution in [2.45, 2.75) is 163 Å². The van der Waals surface area contributed by atoms with E-state index in [4.69, 9.17) is 27.9 Å². The summed E-state index contributed by atoms with van der Waals surface area (Å²) in [4.78, 5) is 28.6. The number of benzene rings is 4. The van der Waals surface area contributed by atoms with Crippen molar-refractivity contribution in [2.75, 3.05) is 0 Å². The highest BCUT2D eigenvalue weighted by atomic mass is 79.9. The fraction of sp³-hybridized carbons (Fsp3) is 0.490. The Bertz CT molecular complexity index is 2340. The van der Waals surface area contributed by atoms with Crippen molar-refractivity contribution in [1.29, 1.82) is 0 Å². The molecular weight excluding hydrogens is 919 g/mol. The lowest BCUT2D eigenvalue weighted by Gasteiger charge is -2.32. The fourth-order valence-electron chi connectivity index (χ4n) is 8.08. The first-order valence-electron chi connectivity index (χ1n) is 22.7. The Morgan fingerprint density at radius 3 is 1.15 bits per heavy atom. The van der Waals surface area contributed by atoms with Crippen molar-refractivity contribution in [3.8, 4) is 0 Å². The molecule has 0 spiro atoms. The predicted octanol–water partition coefficient (Wildman–Crippen LogP) is 9.77. The van der Waals surface area contributed by atoms with E-state index in [1.807, 2.05) is 141 Å². The predicted molar refractivity (Wildman–Crippen MR) is 264 cm³/mol. The lowest BCUT2D eigenvalue weighted by Crippen LogP contribution is -2.41. The number of hydrogen-bond acceptors (Lipinski definition) is 8. The average molecular weight is 985 g/mol. The topological polar surface area (TPSA) is 96.0 Å². The first-order valence-corrected chi connectivity index (χ1v) is 23.5. The van der Waals surface area contributed by atoms with Crippen LogP contribution in [-0.4, -0.2) is 76.4 Å². The van der Waals surface area contributed by atoms with Crippen molar-refractivity contribution < 1.29 is 46.3 Å². The number of halogens is 3. The summed E-state index contributed by atoms with van der Waals surface area (Å²) in [6.45, 7) is 26.5. The van der Waals surface area contributed by atoms with Gasteiger partial charge < -0.3 is 37.7 Å². The van der Waals surface area contributed by atoms with E-state index in [-0.39, 0.29) is 60.3 Å². The van der Waals surface area contributed by atoms with Crippen LogP contribution in [0.2, 0.25) is 0 Å². The van der Waals surface area contributed by atoms with Crippen LogP contribution in [0.4, 0.5) is 8.78 Å². The minimum atomic E-state index is -0.747. The first-order chi connectivity index (χ1) is 30.7. The summed E-state index contributed by atoms with van der Waals surface area (Å²) in [5.74, 6) is -0.713. The Balaban J connectivity index is 0.000000170. The summed E-state index contributed by atoms with van der Waals surface area (Å²) < 4.78 is 64.3. The number of carbonyl (C=O) groups is 2. The van der Waals surface area contributed by atoms with Crippen molar-refractivity contribution >= 4 is 54.3 Å². The summed E-state index contributed by atoms with van der Waals surface area (Å²) in [6.07, 6.45) is 0.409. The van der Waals surface area contributed by atoms with E-state index in [0.29, 0.717) is 47.2 Å². The van der Waals surface area contributed by atoms with Crippen LogP contribution in [0.25, 0.3) is 0 Å². The smallest absolute Gasteiger partial charge is 0.405 e. The zero-order valence-electron chi connectivity index (χ0n) is 40.4. The van der Waals surface area contributed by atoms with Crippen LogP contribution in [0.15, 0.2) is 89.4 Å². The second-order valence-corrected chi connectivity index (χ2v) is 21.7. The second kappa shape index (κ2) is 19.5. The summed E-state index contributed by atoms with van der Waals surface area (Å²) >= 11 is 3.11. The number of amides is 2. The van der Waals surface area contributed by atoms with Gasteiger partial charge in [0.25, 0.3) is 0 Å². The van der Waals surface area contributed by atoms with Crippen LogP contribution in [-0.2, 0) is 76.5 Å². The van der Waals surface area contributed by atoms with Gasteiger partial charge in [0.1, 0.15) is 11.6 Å². The molecule has 0 atom stereocenters. The minimum Gasteiger partial charge on any atom is -0.405 e. The maximum absolute atomic E-state index is 14.8. The Morgan fingerprint density at radius 2 is 0.821 bits per heavy atom. The number of nitrogens with zero attached hydrogens (tertiary/aromatic N) is 2. The third-order valence-corrected chi connectivity index (χ3v) is 15.1. The fourth-order valence-corrected chi connectivity index (χ4v) is 8.33. The van der Waals surface area contributed by atoms with Crippen molar-refractivity contribution in [3.05, 3.63) is 134 Å². The maximum atomic E-state index is 14.8. The average Bonchev–Trinajstić information content (AvgIpc) is 4.00. The van der Waals surface area contributed by atoms with Gasteiger partial charge in [0.2, 0.25) is 11.8 Å². The van der Waals surface area contributed by atoms with Gasteiger partial charge in [-0.2, -0.15) is 0 Å². The lowest BCUT2D eigenvalue weighted by molar-refractivity contribution is -0.131. The van der Waals surface area contributed by atoms with Crippen molar-refractivity contribution in [1.82, 2.24) is 9.80 Å². The van der Waals surface area contributed by atoms with Crippen LogP contribution in [0.3, 0.4) is 0 Å². The van der Waals surface area contributed by atoms with Gasteiger partial charge in [-0.3, -0.25) is 9.59 Å². The van der Waals surface area contributed by atoms with Crippen molar-refractivity contribution in [2.24, 2.45) is 0 Å². The van der Waals surface area contributed by atoms with E-state index < -0.39 is 38.2 Å². The van der Waals surface area contributed by atoms with Crippen LogP contribution in [0.1, 0.15) is 124 Å². The van der Waals surface area contributed by atoms with Gasteiger partial charge in [0, 0.05) is 31.6 Å². The Labute approximate surface area is 406 Å². The molecule has 0 saturated carbocycles.